The molecule has 16 aliphatic rings. The van der Waals surface area contributed by atoms with Crippen molar-refractivity contribution in [3.8, 4) is 5.75 Å². The van der Waals surface area contributed by atoms with Crippen LogP contribution in [-0.2, 0) is 76.1 Å². The first-order valence-corrected chi connectivity index (χ1v) is 51.1. The molecule has 4 aromatic carbocycles. The Bertz CT molecular complexity index is 4750. The largest absolute Gasteiger partial charge is 1.00 e. The molecule has 711 valence electrons. The fourth-order valence-electron chi connectivity index (χ4n) is 25.1. The number of aryl methyl sites for hydroxylation is 3. The molecule has 4 heterocycles. The summed E-state index contributed by atoms with van der Waals surface area (Å²) in [6.07, 6.45) is 18.0. The molecule has 8 bridgehead atoms. The Morgan fingerprint density at radius 1 is 0.489 bits per heavy atom. The van der Waals surface area contributed by atoms with Crippen LogP contribution in [0.25, 0.3) is 5.53 Å². The topological polar surface area (TPSA) is 376 Å². The van der Waals surface area contributed by atoms with E-state index in [2.05, 4.69) is 163 Å². The van der Waals surface area contributed by atoms with Crippen molar-refractivity contribution in [2.24, 2.45) is 53.1 Å². The summed E-state index contributed by atoms with van der Waals surface area (Å²) in [6.45, 7) is 30.7. The molecule has 12 aliphatic carbocycles. The van der Waals surface area contributed by atoms with E-state index in [0.29, 0.717) is 38.5 Å². The van der Waals surface area contributed by atoms with Crippen molar-refractivity contribution >= 4 is 99.8 Å². The van der Waals surface area contributed by atoms with Crippen LogP contribution in [0.3, 0.4) is 0 Å². The van der Waals surface area contributed by atoms with Crippen molar-refractivity contribution in [1.29, 1.82) is 0 Å². The number of likely N-dealkylation sites (tertiary alicyclic amines) is 4. The Balaban J connectivity index is 0.000000161. The Hall–Kier alpha value is -4.59. The zero-order chi connectivity index (χ0) is 93.3. The molecule has 4 aliphatic heterocycles. The molecule has 0 spiro atoms. The van der Waals surface area contributed by atoms with Gasteiger partial charge in [-0.2, -0.15) is 4.79 Å². The van der Waals surface area contributed by atoms with Crippen LogP contribution < -0.4 is 51.2 Å². The quantitative estimate of drug-likeness (QED) is 0.0310. The van der Waals surface area contributed by atoms with Gasteiger partial charge in [-0.25, -0.2) is 0 Å². The first kappa shape index (κ1) is 105. The molecule has 2 unspecified atom stereocenters. The SMILES string of the molecule is BrB(Br)Br.CC(C)C(=O)N[C@@H]1C[C@@]2(O)[C@H]3Cc4ccc(O)cc4[C@@]2(CCN3CC2CC2)CC1O.CC(C)C(N)=O.CCO.Cc1ccc2c(c1)[C@]13CCN(CC4CC4)[C@H](C2)[C@]1(O)CC(=[N+]=[N-])C(=O)C3.Cc1ccc2c(c1)[C@]13CCN(CC4CC4)[C@H](C2)[C@]1(O)C[C@@H](NC(=O)C(C)C)C(=O)C3.Cc1ccc2c(c1)[C@]13CCN(CC4CC4)[C@H](C2)[C@]1(O)C[C@@H](NC(=O)C(C)C)C(O)C3.[B].[H-].[Na+]. The molecule has 131 heavy (non-hydrogen) atoms. The van der Waals surface area contributed by atoms with Crippen molar-refractivity contribution < 1.29 is 105 Å². The number of phenolic OH excluding ortho intramolecular Hbond substituents is 1. The van der Waals surface area contributed by atoms with Gasteiger partial charge in [0.25, 0.3) is 0 Å². The van der Waals surface area contributed by atoms with E-state index in [1.54, 1.807) is 32.9 Å². The minimum absolute atomic E-state index is 0. The monoisotopic (exact) mass is 2000 g/mol. The number of hydrogen-bond donors (Lipinski definition) is 12. The van der Waals surface area contributed by atoms with Gasteiger partial charge in [0, 0.05) is 143 Å². The molecule has 24 nitrogen and oxygen atoms in total. The number of carbonyl (C=O) groups is 6. The fraction of sp³-hybridized carbons (Fsp3) is 0.693. The van der Waals surface area contributed by atoms with Crippen molar-refractivity contribution in [3.05, 3.63) is 140 Å². The summed E-state index contributed by atoms with van der Waals surface area (Å²) in [5, 5.41) is 98.2. The number of primary amides is 1. The van der Waals surface area contributed by atoms with Gasteiger partial charge in [-0.3, -0.25) is 48.4 Å². The Morgan fingerprint density at radius 3 is 1.11 bits per heavy atom. The molecule has 4 saturated heterocycles. The third-order valence-electron chi connectivity index (χ3n) is 32.9. The predicted molar refractivity (Wildman–Crippen MR) is 518 cm³/mol. The smallest absolute Gasteiger partial charge is 1.00 e. The van der Waals surface area contributed by atoms with Gasteiger partial charge in [0.15, 0.2) is 5.78 Å². The summed E-state index contributed by atoms with van der Waals surface area (Å²) in [7, 11) is 0. The number of piperidine rings is 4. The van der Waals surface area contributed by atoms with Gasteiger partial charge in [-0.1, -0.05) is 133 Å². The van der Waals surface area contributed by atoms with Crippen molar-refractivity contribution in [3.63, 3.8) is 0 Å². The molecular formula is C101H145B2Br3N10NaO14. The molecule has 3 radical (unpaired) electrons. The van der Waals surface area contributed by atoms with Crippen LogP contribution in [0.2, 0.25) is 0 Å². The van der Waals surface area contributed by atoms with E-state index >= 15 is 0 Å². The van der Waals surface area contributed by atoms with Crippen molar-refractivity contribution in [2.45, 2.75) is 336 Å². The van der Waals surface area contributed by atoms with E-state index in [9.17, 15) is 70.0 Å². The van der Waals surface area contributed by atoms with Gasteiger partial charge in [-0.15, -0.1) is 47.3 Å². The van der Waals surface area contributed by atoms with E-state index in [1.165, 1.54) is 95.9 Å². The first-order valence-electron chi connectivity index (χ1n) is 48.3. The predicted octanol–water partition coefficient (Wildman–Crippen LogP) is 7.56. The number of carbonyl (C=O) groups excluding carboxylic acids is 6. The van der Waals surface area contributed by atoms with E-state index in [1.807, 2.05) is 47.6 Å². The van der Waals surface area contributed by atoms with Crippen LogP contribution in [-0.4, -0.2) is 254 Å². The number of hydrogen-bond acceptors (Lipinski definition) is 18. The van der Waals surface area contributed by atoms with Gasteiger partial charge >= 0.3 is 38.5 Å². The van der Waals surface area contributed by atoms with Gasteiger partial charge < -0.3 is 69.5 Å². The molecule has 8 saturated carbocycles. The molecule has 13 N–H and O–H groups in total. The second-order valence-corrected chi connectivity index (χ2v) is 49.4. The number of halogens is 3. The minimum atomic E-state index is -1.05. The number of amides is 4. The summed E-state index contributed by atoms with van der Waals surface area (Å²) in [5.41, 5.74) is 21.2. The number of nitrogens with two attached hydrogens (primary N) is 1. The number of aliphatic hydroxyl groups is 7. The number of aromatic hydroxyl groups is 1. The van der Waals surface area contributed by atoms with Crippen LogP contribution in [0.1, 0.15) is 253 Å². The summed E-state index contributed by atoms with van der Waals surface area (Å²) in [5.74, 6) is 2.17. The average Bonchev–Trinajstić information content (AvgIpc) is 1.40. The number of aliphatic hydroxyl groups excluding tert-OH is 3. The van der Waals surface area contributed by atoms with E-state index < -0.39 is 74.4 Å². The maximum atomic E-state index is 13.3. The zero-order valence-corrected chi connectivity index (χ0v) is 86.4. The van der Waals surface area contributed by atoms with E-state index in [-0.39, 0.29) is 157 Å². The fourth-order valence-corrected chi connectivity index (χ4v) is 25.1. The normalized spacial score (nSPS) is 33.6. The average molecular weight is 2010 g/mol. The Kier molecular flexibility index (Phi) is 33.6. The number of Topliss-reactive ketones (excluding diaryl/α,β-unsaturated/α-hetero) is 2. The second kappa shape index (κ2) is 41.8. The van der Waals surface area contributed by atoms with Crippen molar-refractivity contribution in [2.75, 3.05) is 59.0 Å². The van der Waals surface area contributed by atoms with E-state index in [4.69, 9.17) is 10.8 Å². The summed E-state index contributed by atoms with van der Waals surface area (Å²) in [6, 6.07) is 23.8. The van der Waals surface area contributed by atoms with E-state index in [0.717, 1.165) is 144 Å². The third kappa shape index (κ3) is 21.0. The number of nitrogens with zero attached hydrogens (tertiary/aromatic N) is 6. The van der Waals surface area contributed by atoms with Crippen LogP contribution in [0.4, 0.5) is 0 Å². The van der Waals surface area contributed by atoms with Crippen LogP contribution in [0.5, 0.6) is 5.75 Å². The third-order valence-corrected chi connectivity index (χ3v) is 32.9. The van der Waals surface area contributed by atoms with Crippen molar-refractivity contribution in [1.82, 2.24) is 35.6 Å². The molecule has 20 rings (SSSR count). The molecule has 4 amide bonds. The number of rotatable bonds is 15. The minimum Gasteiger partial charge on any atom is -1.00 e. The van der Waals surface area contributed by atoms with Gasteiger partial charge in [-0.05, 0) is 250 Å². The summed E-state index contributed by atoms with van der Waals surface area (Å²) < 4.78 is 0.271. The van der Waals surface area contributed by atoms with Gasteiger partial charge in [0.05, 0.1) is 53.6 Å². The van der Waals surface area contributed by atoms with Gasteiger partial charge in [0.1, 0.15) is 11.4 Å². The summed E-state index contributed by atoms with van der Waals surface area (Å²) >= 11 is 9.31. The Morgan fingerprint density at radius 2 is 0.786 bits per heavy atom. The number of nitrogens with one attached hydrogen (secondary N) is 3. The maximum absolute atomic E-state index is 13.3. The number of phenols is 1. The second-order valence-electron chi connectivity index (χ2n) is 43.0. The molecule has 12 fully saturated rings. The molecule has 17 atom stereocenters. The zero-order valence-electron chi connectivity index (χ0n) is 80.7. The van der Waals surface area contributed by atoms with Crippen LogP contribution >= 0.6 is 47.3 Å². The first-order chi connectivity index (χ1) is 60.9. The van der Waals surface area contributed by atoms with Crippen LogP contribution in [0.15, 0.2) is 72.8 Å². The summed E-state index contributed by atoms with van der Waals surface area (Å²) in [4.78, 5) is 86.2. The Labute approximate surface area is 827 Å². The standard InChI is InChI=1S/C25H36N2O3.C25H34N2O3.C24H34N2O4.C21H25N3O2.C4H9NO.C2H6O.BBr3.B.Na.H/c2*1-15(2)23(29)26-20-12-25(30)22-11-18-7-4-16(3)10-19(18)24(25,13-21(20)28)8-9-27(22)14-17-5-6-17;1-14(2)22(29)25-19-11-24(30)21-9-16-5-6-17(27)10-18(16)23(24,12-20(19)28)7-8-26(21)13-15-3-4-15;1-13-2-5-15-9-19-21(26)10-17(23-22)18(25)11-20(21,16(15)8-13)6-7-24(19)12-14-3-4-14;1-3(2)4(5)6;1-2-3;2-1(3)4;;;/h4,7,10,15,17,20-22,28,30H,5-6,8-9,11-14H2,1-3H3,(H,26,29);4,7,10,15,17,20,22,30H,5-6,8-9,11-14H2,1-3H3,(H,26,29);5-6,10,14-15,19-21,27-28,30H,3-4,7-9,11-13H2,1-2H3,(H,25,29);2,5,8,14,19,26H,3-4,6-7,9-12H2,1H3;3H,1-2H3,(H2,5,6);3H,2H2,1H3;;;;/q;;;;;;;;+1;-1/t20-,21?,22-,24-,25-;20-,22-,24-,25-;19-,20?,21-,23-,24-;19-,20-,21-;;;;;;/m1111....../s1. The molecule has 30 heteroatoms. The molecule has 4 aromatic rings. The molecular weight excluding hydrogens is 1860 g/mol. The number of benzene rings is 4. The number of ketones is 2. The molecule has 0 aromatic heterocycles. The van der Waals surface area contributed by atoms with Gasteiger partial charge in [0.2, 0.25) is 29.4 Å². The van der Waals surface area contributed by atoms with Crippen LogP contribution in [0, 0.1) is 68.1 Å². The number of fused-ring (bicyclic) bond motifs is 4. The maximum Gasteiger partial charge on any atom is 1.00 e.